The average Bonchev–Trinajstić information content (AvgIpc) is 3.54. The number of aliphatic hydroxyl groups is 1. The van der Waals surface area contributed by atoms with Crippen LogP contribution < -0.4 is 10.1 Å². The molecule has 1 unspecified atom stereocenters. The number of hydrogen-bond donors (Lipinski definition) is 3. The number of Topliss-reactive ketones (excluding diaryl/α,β-unsaturated/α-hetero) is 1. The number of ketones is 1. The molecule has 3 N–H and O–H groups in total. The van der Waals surface area contributed by atoms with Crippen molar-refractivity contribution in [2.75, 3.05) is 13.1 Å². The van der Waals surface area contributed by atoms with Crippen molar-refractivity contribution >= 4 is 11.7 Å². The van der Waals surface area contributed by atoms with Crippen molar-refractivity contribution in [1.29, 1.82) is 0 Å². The standard InChI is InChI=1S/C26H34N2O5/c1-3-16(4-2)27-24(31)17-12-26(32)19-11-15-7-8-18(29)22-20(15)25(26,23(33-22)21(17)30)9-10-28(19)13-14-5-6-14/h7-8,14,16-17,19,23,29,32H,3-6,9-13H2,1-2H3,(H,27,31)/t17?,19-,23+,25+,26-/m1/s1. The number of ether oxygens (including phenoxy) is 1. The van der Waals surface area contributed by atoms with Crippen LogP contribution in [-0.2, 0) is 21.4 Å². The zero-order valence-corrected chi connectivity index (χ0v) is 19.5. The van der Waals surface area contributed by atoms with Crippen LogP contribution in [0.25, 0.3) is 0 Å². The van der Waals surface area contributed by atoms with Crippen LogP contribution in [0.4, 0.5) is 0 Å². The van der Waals surface area contributed by atoms with Gasteiger partial charge < -0.3 is 20.3 Å². The molecule has 3 fully saturated rings. The van der Waals surface area contributed by atoms with Gasteiger partial charge in [0.25, 0.3) is 0 Å². The highest BCUT2D eigenvalue weighted by atomic mass is 16.5. The number of nitrogens with zero attached hydrogens (tertiary/aromatic N) is 1. The number of rotatable bonds is 6. The van der Waals surface area contributed by atoms with Crippen molar-refractivity contribution in [3.05, 3.63) is 23.3 Å². The van der Waals surface area contributed by atoms with Gasteiger partial charge in [0.05, 0.1) is 11.0 Å². The Labute approximate surface area is 194 Å². The Hall–Kier alpha value is -2.12. The van der Waals surface area contributed by atoms with Gasteiger partial charge in [0, 0.05) is 24.2 Å². The highest BCUT2D eigenvalue weighted by Crippen LogP contribution is 2.65. The van der Waals surface area contributed by atoms with Crippen molar-refractivity contribution in [3.63, 3.8) is 0 Å². The molecule has 1 spiro atoms. The summed E-state index contributed by atoms with van der Waals surface area (Å²) < 4.78 is 6.20. The van der Waals surface area contributed by atoms with Gasteiger partial charge >= 0.3 is 0 Å². The van der Waals surface area contributed by atoms with Gasteiger partial charge in [0.15, 0.2) is 23.4 Å². The van der Waals surface area contributed by atoms with Crippen LogP contribution in [0, 0.1) is 11.8 Å². The van der Waals surface area contributed by atoms with E-state index in [4.69, 9.17) is 4.74 Å². The monoisotopic (exact) mass is 454 g/mol. The number of amides is 1. The molecular weight excluding hydrogens is 420 g/mol. The minimum absolute atomic E-state index is 0.00423. The summed E-state index contributed by atoms with van der Waals surface area (Å²) in [5, 5.41) is 26.2. The topological polar surface area (TPSA) is 99.1 Å². The Morgan fingerprint density at radius 2 is 2.06 bits per heavy atom. The zero-order valence-electron chi connectivity index (χ0n) is 19.5. The molecule has 3 aliphatic carbocycles. The first-order chi connectivity index (χ1) is 15.8. The molecule has 2 bridgehead atoms. The van der Waals surface area contributed by atoms with Crippen molar-refractivity contribution < 1.29 is 24.5 Å². The fourth-order valence-corrected chi connectivity index (χ4v) is 7.32. The SMILES string of the molecule is CCC(CC)NC(=O)C1C[C@@]2(O)[C@H]3Cc4ccc(O)c5c4[C@@]2(CCN3CC2CC2)[C@@H](O5)C1=O. The molecule has 0 radical (unpaired) electrons. The lowest BCUT2D eigenvalue weighted by molar-refractivity contribution is -0.198. The summed E-state index contributed by atoms with van der Waals surface area (Å²) >= 11 is 0. The van der Waals surface area contributed by atoms with E-state index in [1.165, 1.54) is 12.8 Å². The maximum Gasteiger partial charge on any atom is 0.231 e. The molecule has 2 saturated carbocycles. The molecule has 6 rings (SSSR count). The van der Waals surface area contributed by atoms with Crippen LogP contribution in [0.2, 0.25) is 0 Å². The second kappa shape index (κ2) is 7.19. The van der Waals surface area contributed by atoms with Crippen molar-refractivity contribution in [3.8, 4) is 11.5 Å². The molecule has 1 saturated heterocycles. The van der Waals surface area contributed by atoms with Crippen LogP contribution >= 0.6 is 0 Å². The summed E-state index contributed by atoms with van der Waals surface area (Å²) in [4.78, 5) is 29.5. The second-order valence-corrected chi connectivity index (χ2v) is 10.9. The summed E-state index contributed by atoms with van der Waals surface area (Å²) in [5.41, 5.74) is -0.305. The van der Waals surface area contributed by atoms with Gasteiger partial charge in [0.2, 0.25) is 5.91 Å². The molecule has 5 aliphatic rings. The number of carbonyl (C=O) groups excluding carboxylic acids is 2. The third-order valence-electron chi connectivity index (χ3n) is 9.28. The molecule has 7 nitrogen and oxygen atoms in total. The normalized spacial score (nSPS) is 36.5. The van der Waals surface area contributed by atoms with Gasteiger partial charge in [-0.2, -0.15) is 0 Å². The third-order valence-corrected chi connectivity index (χ3v) is 9.28. The van der Waals surface area contributed by atoms with E-state index in [-0.39, 0.29) is 35.9 Å². The Kier molecular flexibility index (Phi) is 4.67. The first-order valence-electron chi connectivity index (χ1n) is 12.7. The number of benzene rings is 1. The summed E-state index contributed by atoms with van der Waals surface area (Å²) in [6, 6.07) is 3.39. The Balaban J connectivity index is 1.45. The molecule has 2 heterocycles. The fraction of sp³-hybridized carbons (Fsp3) is 0.692. The van der Waals surface area contributed by atoms with Crippen molar-refractivity contribution in [2.24, 2.45) is 11.8 Å². The fourth-order valence-electron chi connectivity index (χ4n) is 7.32. The first-order valence-corrected chi connectivity index (χ1v) is 12.7. The van der Waals surface area contributed by atoms with Crippen LogP contribution in [0.5, 0.6) is 11.5 Å². The smallest absolute Gasteiger partial charge is 0.231 e. The number of piperidine rings is 1. The second-order valence-electron chi connectivity index (χ2n) is 10.9. The Morgan fingerprint density at radius 1 is 1.30 bits per heavy atom. The van der Waals surface area contributed by atoms with E-state index < -0.39 is 23.0 Å². The molecule has 1 amide bonds. The van der Waals surface area contributed by atoms with Gasteiger partial charge in [-0.3, -0.25) is 14.5 Å². The maximum absolute atomic E-state index is 13.8. The molecule has 1 aromatic carbocycles. The summed E-state index contributed by atoms with van der Waals surface area (Å²) in [7, 11) is 0. The van der Waals surface area contributed by atoms with E-state index in [2.05, 4.69) is 10.2 Å². The summed E-state index contributed by atoms with van der Waals surface area (Å²) in [5.74, 6) is -0.507. The lowest BCUT2D eigenvalue weighted by atomic mass is 9.47. The Morgan fingerprint density at radius 3 is 2.76 bits per heavy atom. The quantitative estimate of drug-likeness (QED) is 0.569. The number of phenolic OH excluding ortho intramolecular Hbond substituents is 1. The minimum Gasteiger partial charge on any atom is -0.504 e. The van der Waals surface area contributed by atoms with Crippen LogP contribution in [0.1, 0.15) is 63.5 Å². The molecule has 33 heavy (non-hydrogen) atoms. The van der Waals surface area contributed by atoms with Gasteiger partial charge in [0.1, 0.15) is 5.92 Å². The summed E-state index contributed by atoms with van der Waals surface area (Å²) in [6.45, 7) is 5.77. The van der Waals surface area contributed by atoms with Crippen LogP contribution in [-0.4, -0.2) is 63.7 Å². The Bertz CT molecular complexity index is 1020. The first kappa shape index (κ1) is 21.4. The number of nitrogens with one attached hydrogen (secondary N) is 1. The molecule has 7 heteroatoms. The maximum atomic E-state index is 13.8. The van der Waals surface area contributed by atoms with E-state index in [0.717, 1.165) is 37.1 Å². The number of aromatic hydroxyl groups is 1. The highest BCUT2D eigenvalue weighted by Gasteiger charge is 2.75. The van der Waals surface area contributed by atoms with Gasteiger partial charge in [-0.25, -0.2) is 0 Å². The minimum atomic E-state index is -1.26. The molecular formula is C26H34N2O5. The molecule has 0 aromatic heterocycles. The number of carbonyl (C=O) groups is 2. The van der Waals surface area contributed by atoms with Crippen molar-refractivity contribution in [1.82, 2.24) is 10.2 Å². The molecule has 178 valence electrons. The average molecular weight is 455 g/mol. The molecule has 1 aromatic rings. The van der Waals surface area contributed by atoms with Crippen molar-refractivity contribution in [2.45, 2.75) is 88.0 Å². The summed E-state index contributed by atoms with van der Waals surface area (Å²) in [6.07, 6.45) is 4.43. The van der Waals surface area contributed by atoms with Gasteiger partial charge in [-0.1, -0.05) is 19.9 Å². The predicted octanol–water partition coefficient (Wildman–Crippen LogP) is 2.06. The van der Waals surface area contributed by atoms with E-state index in [9.17, 15) is 19.8 Å². The lowest BCUT2D eigenvalue weighted by Gasteiger charge is -2.63. The van der Waals surface area contributed by atoms with E-state index in [1.807, 2.05) is 19.9 Å². The van der Waals surface area contributed by atoms with E-state index in [0.29, 0.717) is 24.5 Å². The number of phenols is 1. The number of hydrogen-bond acceptors (Lipinski definition) is 6. The largest absolute Gasteiger partial charge is 0.504 e. The third kappa shape index (κ3) is 2.75. The van der Waals surface area contributed by atoms with Gasteiger partial charge in [-0.15, -0.1) is 0 Å². The zero-order chi connectivity index (χ0) is 23.1. The highest BCUT2D eigenvalue weighted by molar-refractivity contribution is 6.06. The lowest BCUT2D eigenvalue weighted by Crippen LogP contribution is -2.78. The van der Waals surface area contributed by atoms with E-state index in [1.54, 1.807) is 6.07 Å². The molecule has 5 atom stereocenters. The van der Waals surface area contributed by atoms with Gasteiger partial charge in [-0.05, 0) is 69.0 Å². The number of likely N-dealkylation sites (tertiary alicyclic amines) is 1. The van der Waals surface area contributed by atoms with E-state index >= 15 is 0 Å². The van der Waals surface area contributed by atoms with Crippen LogP contribution in [0.3, 0.4) is 0 Å². The van der Waals surface area contributed by atoms with Crippen LogP contribution in [0.15, 0.2) is 12.1 Å². The predicted molar refractivity (Wildman–Crippen MR) is 121 cm³/mol. The molecule has 2 aliphatic heterocycles.